The van der Waals surface area contributed by atoms with Crippen molar-refractivity contribution in [3.63, 3.8) is 0 Å². The number of aliphatic carboxylic acids is 2. The van der Waals surface area contributed by atoms with E-state index >= 15 is 0 Å². The molecule has 0 unspecified atom stereocenters. The van der Waals surface area contributed by atoms with Gasteiger partial charge in [-0.3, -0.25) is 9.59 Å². The number of rotatable bonds is 9. The van der Waals surface area contributed by atoms with Gasteiger partial charge in [-0.05, 0) is 12.8 Å². The normalized spacial score (nSPS) is 9.29. The number of hydrogen-bond acceptors (Lipinski definition) is 4. The lowest BCUT2D eigenvalue weighted by atomic mass is 10.1. The molecule has 0 amide bonds. The maximum absolute atomic E-state index is 10.1. The van der Waals surface area contributed by atoms with Crippen LogP contribution in [0.5, 0.6) is 0 Å². The molecule has 17 heavy (non-hydrogen) atoms. The number of carbonyl (C=O) groups is 2. The van der Waals surface area contributed by atoms with Crippen LogP contribution in [-0.2, 0) is 9.59 Å². The Balaban J connectivity index is 0. The molecule has 0 bridgehead atoms. The molecule has 0 spiro atoms. The molecule has 0 rings (SSSR count). The first kappa shape index (κ1) is 18.2. The van der Waals surface area contributed by atoms with E-state index in [0.29, 0.717) is 0 Å². The standard InChI is InChI=1S/C10H18O4.CH6N2/c11-9(12)7-5-3-1-2-4-6-8-10(13)14;2-1-3/h1-8H2,(H,11,12)(H,13,14);1-3H2. The molecular formula is C11H24N2O4. The van der Waals surface area contributed by atoms with Crippen molar-refractivity contribution in [2.75, 3.05) is 6.67 Å². The van der Waals surface area contributed by atoms with Gasteiger partial charge in [-0.1, -0.05) is 25.7 Å². The highest BCUT2D eigenvalue weighted by atomic mass is 16.4. The molecule has 0 heterocycles. The molecule has 0 atom stereocenters. The van der Waals surface area contributed by atoms with Gasteiger partial charge in [-0.2, -0.15) is 0 Å². The van der Waals surface area contributed by atoms with Crippen LogP contribution < -0.4 is 11.5 Å². The van der Waals surface area contributed by atoms with Crippen LogP contribution >= 0.6 is 0 Å². The van der Waals surface area contributed by atoms with E-state index in [4.69, 9.17) is 10.2 Å². The monoisotopic (exact) mass is 248 g/mol. The van der Waals surface area contributed by atoms with Gasteiger partial charge < -0.3 is 21.7 Å². The molecule has 0 radical (unpaired) electrons. The highest BCUT2D eigenvalue weighted by molar-refractivity contribution is 5.66. The summed E-state index contributed by atoms with van der Waals surface area (Å²) >= 11 is 0. The quantitative estimate of drug-likeness (QED) is 0.358. The van der Waals surface area contributed by atoms with Crippen LogP contribution in [0.4, 0.5) is 0 Å². The lowest BCUT2D eigenvalue weighted by Crippen LogP contribution is -2.08. The SMILES string of the molecule is NCN.O=C(O)CCCCCCCCC(=O)O. The number of unbranched alkanes of at least 4 members (excludes halogenated alkanes) is 5. The van der Waals surface area contributed by atoms with E-state index in [1.165, 1.54) is 0 Å². The van der Waals surface area contributed by atoms with Crippen LogP contribution in [0, 0.1) is 0 Å². The third-order valence-electron chi connectivity index (χ3n) is 2.03. The second kappa shape index (κ2) is 14.9. The summed E-state index contributed by atoms with van der Waals surface area (Å²) < 4.78 is 0. The predicted octanol–water partition coefficient (Wildman–Crippen LogP) is 1.14. The summed E-state index contributed by atoms with van der Waals surface area (Å²) in [7, 11) is 0. The molecule has 0 saturated heterocycles. The molecule has 0 aromatic carbocycles. The van der Waals surface area contributed by atoms with Gasteiger partial charge in [0.15, 0.2) is 0 Å². The summed E-state index contributed by atoms with van der Waals surface area (Å²) in [5.74, 6) is -1.48. The summed E-state index contributed by atoms with van der Waals surface area (Å²) in [5, 5.41) is 16.7. The maximum atomic E-state index is 10.1. The number of nitrogens with two attached hydrogens (primary N) is 2. The van der Waals surface area contributed by atoms with Crippen molar-refractivity contribution < 1.29 is 19.8 Å². The summed E-state index contributed by atoms with van der Waals surface area (Å²) in [6, 6.07) is 0. The van der Waals surface area contributed by atoms with Crippen LogP contribution in [0.3, 0.4) is 0 Å². The molecule has 0 aliphatic carbocycles. The molecule has 0 saturated carbocycles. The fourth-order valence-corrected chi connectivity index (χ4v) is 1.26. The second-order valence-electron chi connectivity index (χ2n) is 3.64. The van der Waals surface area contributed by atoms with Crippen LogP contribution in [0.2, 0.25) is 0 Å². The zero-order valence-corrected chi connectivity index (χ0v) is 10.2. The third kappa shape index (κ3) is 25.3. The van der Waals surface area contributed by atoms with Crippen LogP contribution in [0.15, 0.2) is 0 Å². The lowest BCUT2D eigenvalue weighted by molar-refractivity contribution is -0.138. The molecule has 0 aliphatic rings. The Kier molecular flexibility index (Phi) is 15.9. The lowest BCUT2D eigenvalue weighted by Gasteiger charge is -1.98. The minimum atomic E-state index is -0.740. The highest BCUT2D eigenvalue weighted by Crippen LogP contribution is 2.08. The molecule has 102 valence electrons. The Morgan fingerprint density at radius 1 is 0.706 bits per heavy atom. The Labute approximate surface area is 102 Å². The molecule has 0 fully saturated rings. The summed E-state index contributed by atoms with van der Waals surface area (Å²) in [6.45, 7) is 0.250. The van der Waals surface area contributed by atoms with Gasteiger partial charge in [0, 0.05) is 19.5 Å². The average molecular weight is 248 g/mol. The summed E-state index contributed by atoms with van der Waals surface area (Å²) in [5.41, 5.74) is 9.25. The third-order valence-corrected chi connectivity index (χ3v) is 2.03. The molecular weight excluding hydrogens is 224 g/mol. The number of carboxylic acid groups (broad SMARTS) is 2. The molecule has 6 heteroatoms. The van der Waals surface area contributed by atoms with Gasteiger partial charge in [0.05, 0.1) is 0 Å². The van der Waals surface area contributed by atoms with Crippen LogP contribution in [0.25, 0.3) is 0 Å². The van der Waals surface area contributed by atoms with Crippen LogP contribution in [-0.4, -0.2) is 28.8 Å². The summed E-state index contributed by atoms with van der Waals surface area (Å²) in [4.78, 5) is 20.3. The number of hydrogen-bond donors (Lipinski definition) is 4. The second-order valence-corrected chi connectivity index (χ2v) is 3.64. The minimum Gasteiger partial charge on any atom is -0.481 e. The van der Waals surface area contributed by atoms with Crippen molar-refractivity contribution in [1.29, 1.82) is 0 Å². The Bertz CT molecular complexity index is 178. The topological polar surface area (TPSA) is 127 Å². The molecule has 0 aromatic heterocycles. The first-order valence-corrected chi connectivity index (χ1v) is 5.88. The van der Waals surface area contributed by atoms with E-state index in [0.717, 1.165) is 38.5 Å². The molecule has 6 N–H and O–H groups in total. The van der Waals surface area contributed by atoms with Crippen molar-refractivity contribution in [2.24, 2.45) is 11.5 Å². The first-order valence-electron chi connectivity index (χ1n) is 5.88. The van der Waals surface area contributed by atoms with Crippen molar-refractivity contribution in [3.05, 3.63) is 0 Å². The van der Waals surface area contributed by atoms with Gasteiger partial charge >= 0.3 is 11.9 Å². The average Bonchev–Trinajstić information content (AvgIpc) is 2.22. The van der Waals surface area contributed by atoms with Gasteiger partial charge in [0.25, 0.3) is 0 Å². The van der Waals surface area contributed by atoms with Gasteiger partial charge in [0.2, 0.25) is 0 Å². The van der Waals surface area contributed by atoms with E-state index in [-0.39, 0.29) is 19.5 Å². The predicted molar refractivity (Wildman–Crippen MR) is 65.4 cm³/mol. The van der Waals surface area contributed by atoms with E-state index in [1.807, 2.05) is 0 Å². The minimum absolute atomic E-state index is 0.245. The van der Waals surface area contributed by atoms with Crippen LogP contribution in [0.1, 0.15) is 51.4 Å². The fraction of sp³-hybridized carbons (Fsp3) is 0.818. The van der Waals surface area contributed by atoms with Crippen molar-refractivity contribution in [2.45, 2.75) is 51.4 Å². The van der Waals surface area contributed by atoms with Crippen molar-refractivity contribution in [3.8, 4) is 0 Å². The Morgan fingerprint density at radius 2 is 0.941 bits per heavy atom. The van der Waals surface area contributed by atoms with Crippen molar-refractivity contribution >= 4 is 11.9 Å². The smallest absolute Gasteiger partial charge is 0.303 e. The van der Waals surface area contributed by atoms with E-state index in [1.54, 1.807) is 0 Å². The van der Waals surface area contributed by atoms with Gasteiger partial charge in [-0.15, -0.1) is 0 Å². The highest BCUT2D eigenvalue weighted by Gasteiger charge is 1.98. The number of carboxylic acids is 2. The van der Waals surface area contributed by atoms with Crippen molar-refractivity contribution in [1.82, 2.24) is 0 Å². The van der Waals surface area contributed by atoms with E-state index in [2.05, 4.69) is 11.5 Å². The Hall–Kier alpha value is -1.14. The van der Waals surface area contributed by atoms with Gasteiger partial charge in [0.1, 0.15) is 0 Å². The van der Waals surface area contributed by atoms with Gasteiger partial charge in [-0.25, -0.2) is 0 Å². The molecule has 0 aliphatic heterocycles. The van der Waals surface area contributed by atoms with E-state index < -0.39 is 11.9 Å². The first-order chi connectivity index (χ1) is 8.04. The summed E-state index contributed by atoms with van der Waals surface area (Å²) in [6.07, 6.45) is 5.82. The zero-order chi connectivity index (χ0) is 13.5. The Morgan fingerprint density at radius 3 is 1.18 bits per heavy atom. The fourth-order valence-electron chi connectivity index (χ4n) is 1.26. The zero-order valence-electron chi connectivity index (χ0n) is 10.2. The largest absolute Gasteiger partial charge is 0.481 e. The maximum Gasteiger partial charge on any atom is 0.303 e. The molecule has 0 aromatic rings. The van der Waals surface area contributed by atoms with E-state index in [9.17, 15) is 9.59 Å². The molecule has 6 nitrogen and oxygen atoms in total.